The first-order valence-electron chi connectivity index (χ1n) is 3.69. The van der Waals surface area contributed by atoms with E-state index in [2.05, 4.69) is 25.2 Å². The lowest BCUT2D eigenvalue weighted by Crippen LogP contribution is -2.23. The lowest BCUT2D eigenvalue weighted by Gasteiger charge is -2.08. The number of benzene rings is 1. The Hall–Kier alpha value is -0.763. The highest BCUT2D eigenvalue weighted by atomic mass is 28.3. The van der Waals surface area contributed by atoms with Gasteiger partial charge >= 0.3 is 0 Å². The van der Waals surface area contributed by atoms with Crippen LogP contribution in [0.5, 0.6) is 5.75 Å². The van der Waals surface area contributed by atoms with Crippen LogP contribution >= 0.6 is 0 Å². The molecule has 1 nitrogen and oxygen atoms in total. The van der Waals surface area contributed by atoms with Gasteiger partial charge in [0.05, 0.1) is 15.9 Å². The molecule has 1 rings (SSSR count). The largest absolute Gasteiger partial charge is 0.497 e. The van der Waals surface area contributed by atoms with Crippen molar-refractivity contribution in [1.82, 2.24) is 0 Å². The van der Waals surface area contributed by atoms with Crippen molar-refractivity contribution < 1.29 is 4.74 Å². The van der Waals surface area contributed by atoms with E-state index in [0.29, 0.717) is 0 Å². The van der Waals surface area contributed by atoms with Gasteiger partial charge < -0.3 is 4.74 Å². The summed E-state index contributed by atoms with van der Waals surface area (Å²) in [4.78, 5) is 0. The van der Waals surface area contributed by atoms with Crippen LogP contribution in [0.25, 0.3) is 0 Å². The van der Waals surface area contributed by atoms with Gasteiger partial charge in [0.25, 0.3) is 0 Å². The maximum atomic E-state index is 5.23. The quantitative estimate of drug-likeness (QED) is 0.606. The molecule has 2 heteroatoms. The van der Waals surface area contributed by atoms with Gasteiger partial charge in [-0.25, -0.2) is 0 Å². The fourth-order valence-electron chi connectivity index (χ4n) is 1.06. The second-order valence-electron chi connectivity index (χ2n) is 2.70. The van der Waals surface area contributed by atoms with E-state index in [1.165, 1.54) is 5.19 Å². The molecule has 0 aliphatic rings. The Kier molecular flexibility index (Phi) is 2.71. The predicted molar refractivity (Wildman–Crippen MR) is 50.1 cm³/mol. The third-order valence-corrected chi connectivity index (χ3v) is 3.14. The number of rotatable bonds is 2. The van der Waals surface area contributed by atoms with Gasteiger partial charge in [-0.05, 0) is 11.3 Å². The molecule has 0 fully saturated rings. The summed E-state index contributed by atoms with van der Waals surface area (Å²) in [6.45, 7) is 4.53. The van der Waals surface area contributed by atoms with Crippen LogP contribution in [0.2, 0.25) is 13.1 Å². The molecule has 0 aromatic heterocycles. The SMILES string of the molecule is COc1ccccc1[Si](C)C. The molecule has 1 aromatic carbocycles. The van der Waals surface area contributed by atoms with Crippen LogP contribution in [0.1, 0.15) is 0 Å². The van der Waals surface area contributed by atoms with E-state index in [-0.39, 0.29) is 8.80 Å². The fourth-order valence-corrected chi connectivity index (χ4v) is 2.17. The van der Waals surface area contributed by atoms with Crippen molar-refractivity contribution >= 4 is 14.0 Å². The molecule has 0 spiro atoms. The number of hydrogen-bond donors (Lipinski definition) is 0. The van der Waals surface area contributed by atoms with Gasteiger partial charge in [0.15, 0.2) is 0 Å². The van der Waals surface area contributed by atoms with Crippen LogP contribution < -0.4 is 9.92 Å². The zero-order chi connectivity index (χ0) is 8.27. The first kappa shape index (κ1) is 8.33. The van der Waals surface area contributed by atoms with E-state index in [0.717, 1.165) is 5.75 Å². The summed E-state index contributed by atoms with van der Waals surface area (Å²) in [6.07, 6.45) is 0. The smallest absolute Gasteiger partial charge is 0.117 e. The monoisotopic (exact) mass is 165 g/mol. The number of hydrogen-bond acceptors (Lipinski definition) is 1. The van der Waals surface area contributed by atoms with Gasteiger partial charge in [0.1, 0.15) is 5.75 Å². The third kappa shape index (κ3) is 1.83. The van der Waals surface area contributed by atoms with Crippen LogP contribution in [0.4, 0.5) is 0 Å². The maximum absolute atomic E-state index is 5.23. The molecule has 0 saturated carbocycles. The van der Waals surface area contributed by atoms with Crippen molar-refractivity contribution in [2.45, 2.75) is 13.1 Å². The van der Waals surface area contributed by atoms with E-state index in [1.807, 2.05) is 12.1 Å². The lowest BCUT2D eigenvalue weighted by molar-refractivity contribution is 0.418. The van der Waals surface area contributed by atoms with Gasteiger partial charge in [-0.2, -0.15) is 0 Å². The molecule has 0 N–H and O–H groups in total. The van der Waals surface area contributed by atoms with Crippen LogP contribution in [0, 0.1) is 0 Å². The molecular weight excluding hydrogens is 152 g/mol. The minimum absolute atomic E-state index is 0.379. The second-order valence-corrected chi connectivity index (χ2v) is 5.24. The fraction of sp³-hybridized carbons (Fsp3) is 0.333. The second kappa shape index (κ2) is 3.58. The lowest BCUT2D eigenvalue weighted by atomic mass is 10.3. The van der Waals surface area contributed by atoms with Crippen molar-refractivity contribution in [2.24, 2.45) is 0 Å². The molecule has 0 saturated heterocycles. The summed E-state index contributed by atoms with van der Waals surface area (Å²) in [7, 11) is 1.35. The zero-order valence-corrected chi connectivity index (χ0v) is 8.22. The van der Waals surface area contributed by atoms with Crippen molar-refractivity contribution in [2.75, 3.05) is 7.11 Å². The average Bonchev–Trinajstić information content (AvgIpc) is 2.04. The molecule has 0 bridgehead atoms. The van der Waals surface area contributed by atoms with E-state index < -0.39 is 0 Å². The molecule has 1 radical (unpaired) electrons. The average molecular weight is 165 g/mol. The van der Waals surface area contributed by atoms with E-state index >= 15 is 0 Å². The molecule has 1 aromatic rings. The highest BCUT2D eigenvalue weighted by Gasteiger charge is 2.05. The Bertz CT molecular complexity index is 233. The molecule has 0 aliphatic carbocycles. The van der Waals surface area contributed by atoms with Gasteiger partial charge in [-0.1, -0.05) is 31.3 Å². The number of para-hydroxylation sites is 1. The van der Waals surface area contributed by atoms with Gasteiger partial charge in [-0.15, -0.1) is 0 Å². The van der Waals surface area contributed by atoms with E-state index in [4.69, 9.17) is 4.74 Å². The Balaban J connectivity index is 3.02. The summed E-state index contributed by atoms with van der Waals surface area (Å²) in [5.74, 6) is 1.03. The van der Waals surface area contributed by atoms with Crippen LogP contribution in [0.3, 0.4) is 0 Å². The van der Waals surface area contributed by atoms with Crippen molar-refractivity contribution in [3.05, 3.63) is 24.3 Å². The molecule has 0 heterocycles. The Labute approximate surface area is 69.6 Å². The summed E-state index contributed by atoms with van der Waals surface area (Å²) in [5, 5.41) is 1.38. The molecule has 59 valence electrons. The third-order valence-electron chi connectivity index (χ3n) is 1.65. The summed E-state index contributed by atoms with van der Waals surface area (Å²) in [6, 6.07) is 8.24. The number of methoxy groups -OCH3 is 1. The van der Waals surface area contributed by atoms with Crippen LogP contribution in [-0.2, 0) is 0 Å². The van der Waals surface area contributed by atoms with Gasteiger partial charge in [0.2, 0.25) is 0 Å². The maximum Gasteiger partial charge on any atom is 0.117 e. The van der Waals surface area contributed by atoms with Gasteiger partial charge in [0, 0.05) is 0 Å². The van der Waals surface area contributed by atoms with Crippen molar-refractivity contribution in [1.29, 1.82) is 0 Å². The summed E-state index contributed by atoms with van der Waals surface area (Å²) >= 11 is 0. The molecule has 0 aliphatic heterocycles. The molecule has 0 atom stereocenters. The van der Waals surface area contributed by atoms with Crippen molar-refractivity contribution in [3.63, 3.8) is 0 Å². The van der Waals surface area contributed by atoms with Crippen molar-refractivity contribution in [3.8, 4) is 5.75 Å². The standard InChI is InChI=1S/C9H13OSi/c1-10-8-6-4-5-7-9(8)11(2)3/h4-7H,1-3H3. The molecule has 0 unspecified atom stereocenters. The normalized spacial score (nSPS) is 10.2. The van der Waals surface area contributed by atoms with Crippen LogP contribution in [-0.4, -0.2) is 15.9 Å². The number of ether oxygens (including phenoxy) is 1. The first-order valence-corrected chi connectivity index (χ1v) is 6.19. The predicted octanol–water partition coefficient (Wildman–Crippen LogP) is 1.66. The zero-order valence-electron chi connectivity index (χ0n) is 7.22. The summed E-state index contributed by atoms with van der Waals surface area (Å²) in [5.41, 5.74) is 0. The Morgan fingerprint density at radius 3 is 2.27 bits per heavy atom. The molecule has 11 heavy (non-hydrogen) atoms. The highest BCUT2D eigenvalue weighted by molar-refractivity contribution is 6.71. The van der Waals surface area contributed by atoms with E-state index in [1.54, 1.807) is 7.11 Å². The Morgan fingerprint density at radius 1 is 1.18 bits per heavy atom. The topological polar surface area (TPSA) is 9.23 Å². The van der Waals surface area contributed by atoms with E-state index in [9.17, 15) is 0 Å². The minimum atomic E-state index is -0.379. The van der Waals surface area contributed by atoms with Gasteiger partial charge in [-0.3, -0.25) is 0 Å². The molecular formula is C9H13OSi. The van der Waals surface area contributed by atoms with Crippen LogP contribution in [0.15, 0.2) is 24.3 Å². The summed E-state index contributed by atoms with van der Waals surface area (Å²) < 4.78 is 5.23. The Morgan fingerprint density at radius 2 is 1.82 bits per heavy atom. The first-order chi connectivity index (χ1) is 5.25. The molecule has 0 amide bonds. The minimum Gasteiger partial charge on any atom is -0.497 e. The highest BCUT2D eigenvalue weighted by Crippen LogP contribution is 2.06.